The molecule has 4 heterocycles. The molecule has 0 radical (unpaired) electrons. The quantitative estimate of drug-likeness (QED) is 0.509. The van der Waals surface area contributed by atoms with Gasteiger partial charge in [0.05, 0.1) is 24.4 Å². The first-order chi connectivity index (χ1) is 15.6. The van der Waals surface area contributed by atoms with Gasteiger partial charge in [0.15, 0.2) is 11.5 Å². The summed E-state index contributed by atoms with van der Waals surface area (Å²) in [6, 6.07) is 11.1. The average molecular weight is 429 g/mol. The Morgan fingerprint density at radius 1 is 1.06 bits per heavy atom. The fourth-order valence-electron chi connectivity index (χ4n) is 4.23. The summed E-state index contributed by atoms with van der Waals surface area (Å²) in [4.78, 5) is 11.0. The van der Waals surface area contributed by atoms with Gasteiger partial charge in [0.2, 0.25) is 0 Å². The second kappa shape index (κ2) is 8.05. The monoisotopic (exact) mass is 429 g/mol. The zero-order valence-corrected chi connectivity index (χ0v) is 17.6. The highest BCUT2D eigenvalue weighted by molar-refractivity contribution is 5.95. The van der Waals surface area contributed by atoms with Crippen LogP contribution in [0.5, 0.6) is 11.5 Å². The molecule has 0 amide bonds. The predicted octanol–water partition coefficient (Wildman–Crippen LogP) is 3.29. The number of piperidine rings is 1. The molecule has 0 atom stereocenters. The lowest BCUT2D eigenvalue weighted by atomic mass is 9.85. The van der Waals surface area contributed by atoms with Gasteiger partial charge in [-0.05, 0) is 37.1 Å². The summed E-state index contributed by atoms with van der Waals surface area (Å²) in [5, 5.41) is 30.1. The Balaban J connectivity index is 1.38. The maximum atomic E-state index is 11.0. The van der Waals surface area contributed by atoms with E-state index in [1.54, 1.807) is 30.7 Å². The van der Waals surface area contributed by atoms with Gasteiger partial charge in [-0.1, -0.05) is 6.07 Å². The first-order valence-corrected chi connectivity index (χ1v) is 10.4. The lowest BCUT2D eigenvalue weighted by Crippen LogP contribution is -2.43. The molecule has 162 valence electrons. The molecular weight excluding hydrogens is 406 g/mol. The van der Waals surface area contributed by atoms with Crippen molar-refractivity contribution in [2.75, 3.05) is 25.1 Å². The normalized spacial score (nSPS) is 15.6. The molecule has 3 aromatic heterocycles. The van der Waals surface area contributed by atoms with Crippen LogP contribution in [0.1, 0.15) is 18.4 Å². The first-order valence-electron chi connectivity index (χ1n) is 10.4. The van der Waals surface area contributed by atoms with Crippen molar-refractivity contribution in [3.05, 3.63) is 66.7 Å². The van der Waals surface area contributed by atoms with Crippen LogP contribution in [0.15, 0.2) is 61.2 Å². The molecule has 0 saturated carbocycles. The van der Waals surface area contributed by atoms with Gasteiger partial charge in [-0.25, -0.2) is 4.98 Å². The number of rotatable bonds is 4. The molecule has 0 bridgehead atoms. The van der Waals surface area contributed by atoms with Crippen LogP contribution in [0, 0.1) is 0 Å². The number of aromatic nitrogens is 4. The number of hydrogen-bond donors (Lipinski definition) is 2. The van der Waals surface area contributed by atoms with E-state index in [0.717, 1.165) is 27.9 Å². The van der Waals surface area contributed by atoms with Crippen molar-refractivity contribution in [3.63, 3.8) is 0 Å². The van der Waals surface area contributed by atoms with Gasteiger partial charge in [0.25, 0.3) is 0 Å². The third kappa shape index (κ3) is 3.58. The van der Waals surface area contributed by atoms with E-state index < -0.39 is 5.60 Å². The number of pyridine rings is 2. The van der Waals surface area contributed by atoms with Gasteiger partial charge in [0.1, 0.15) is 5.82 Å². The van der Waals surface area contributed by atoms with E-state index in [-0.39, 0.29) is 5.75 Å². The number of aromatic hydroxyl groups is 1. The molecule has 8 heteroatoms. The van der Waals surface area contributed by atoms with Gasteiger partial charge in [-0.2, -0.15) is 10.2 Å². The van der Waals surface area contributed by atoms with Gasteiger partial charge in [-0.3, -0.25) is 4.98 Å². The number of phenols is 1. The summed E-state index contributed by atoms with van der Waals surface area (Å²) in [6.45, 7) is 1.40. The molecule has 5 rings (SSSR count). The maximum absolute atomic E-state index is 11.0. The highest BCUT2D eigenvalue weighted by Gasteiger charge is 2.34. The van der Waals surface area contributed by atoms with Gasteiger partial charge in [0, 0.05) is 59.8 Å². The summed E-state index contributed by atoms with van der Waals surface area (Å²) >= 11 is 0. The molecule has 2 N–H and O–H groups in total. The fraction of sp³-hybridized carbons (Fsp3) is 0.250. The largest absolute Gasteiger partial charge is 0.504 e. The van der Waals surface area contributed by atoms with Crippen LogP contribution >= 0.6 is 0 Å². The zero-order valence-electron chi connectivity index (χ0n) is 17.6. The number of methoxy groups -OCH3 is 1. The van der Waals surface area contributed by atoms with Crippen LogP contribution in [0.2, 0.25) is 0 Å². The van der Waals surface area contributed by atoms with E-state index in [9.17, 15) is 10.2 Å². The van der Waals surface area contributed by atoms with Crippen LogP contribution in [0.25, 0.3) is 22.0 Å². The molecule has 4 aromatic rings. The standard InChI is InChI=1S/C24H23N5O3/c1-32-22-11-18-19(15-27-28-20(18)12-21(22)30)16-4-5-23(26-13-16)29-9-6-24(31,7-10-29)17-3-2-8-25-14-17/h2-5,8,11-15,30-31H,6-7,9-10H2,1H3. The van der Waals surface area contributed by atoms with Crippen LogP contribution in [0.4, 0.5) is 5.82 Å². The van der Waals surface area contributed by atoms with Crippen LogP contribution in [0.3, 0.4) is 0 Å². The number of fused-ring (bicyclic) bond motifs is 1. The maximum Gasteiger partial charge on any atom is 0.161 e. The molecule has 1 fully saturated rings. The molecule has 1 aliphatic heterocycles. The van der Waals surface area contributed by atoms with Crippen molar-refractivity contribution in [1.29, 1.82) is 0 Å². The van der Waals surface area contributed by atoms with E-state index in [4.69, 9.17) is 4.74 Å². The third-order valence-corrected chi connectivity index (χ3v) is 6.11. The van der Waals surface area contributed by atoms with Crippen molar-refractivity contribution in [1.82, 2.24) is 20.2 Å². The lowest BCUT2D eigenvalue weighted by Gasteiger charge is -2.38. The second-order valence-corrected chi connectivity index (χ2v) is 7.96. The summed E-state index contributed by atoms with van der Waals surface area (Å²) in [5.74, 6) is 1.27. The van der Waals surface area contributed by atoms with E-state index in [0.29, 0.717) is 37.2 Å². The molecule has 0 spiro atoms. The highest BCUT2D eigenvalue weighted by atomic mass is 16.5. The fourth-order valence-corrected chi connectivity index (χ4v) is 4.23. The van der Waals surface area contributed by atoms with Crippen molar-refractivity contribution < 1.29 is 14.9 Å². The zero-order chi connectivity index (χ0) is 22.1. The SMILES string of the molecule is COc1cc2c(-c3ccc(N4CCC(O)(c5cccnc5)CC4)nc3)cnnc2cc1O. The Hall–Kier alpha value is -3.78. The van der Waals surface area contributed by atoms with E-state index in [1.165, 1.54) is 7.11 Å². The Bertz CT molecular complexity index is 1240. The van der Waals surface area contributed by atoms with Crippen molar-refractivity contribution in [2.24, 2.45) is 0 Å². The number of benzene rings is 1. The van der Waals surface area contributed by atoms with Gasteiger partial charge >= 0.3 is 0 Å². The topological polar surface area (TPSA) is 104 Å². The molecule has 32 heavy (non-hydrogen) atoms. The first kappa shape index (κ1) is 20.1. The minimum Gasteiger partial charge on any atom is -0.504 e. The average Bonchev–Trinajstić information content (AvgIpc) is 2.84. The summed E-state index contributed by atoms with van der Waals surface area (Å²) < 4.78 is 5.25. The molecule has 0 aliphatic carbocycles. The van der Waals surface area contributed by atoms with E-state index in [1.807, 2.05) is 30.5 Å². The highest BCUT2D eigenvalue weighted by Crippen LogP contribution is 2.36. The van der Waals surface area contributed by atoms with E-state index in [2.05, 4.69) is 25.1 Å². The van der Waals surface area contributed by atoms with Crippen LogP contribution < -0.4 is 9.64 Å². The molecular formula is C24H23N5O3. The van der Waals surface area contributed by atoms with Gasteiger partial charge < -0.3 is 19.8 Å². The Morgan fingerprint density at radius 3 is 2.59 bits per heavy atom. The molecule has 8 nitrogen and oxygen atoms in total. The van der Waals surface area contributed by atoms with Crippen molar-refractivity contribution >= 4 is 16.7 Å². The van der Waals surface area contributed by atoms with Crippen molar-refractivity contribution in [2.45, 2.75) is 18.4 Å². The number of aliphatic hydroxyl groups is 1. The number of anilines is 1. The predicted molar refractivity (Wildman–Crippen MR) is 121 cm³/mol. The van der Waals surface area contributed by atoms with Crippen LogP contribution in [-0.2, 0) is 5.60 Å². The Kier molecular flexibility index (Phi) is 5.07. The Labute approximate surface area is 185 Å². The lowest BCUT2D eigenvalue weighted by molar-refractivity contribution is 0.0113. The number of ether oxygens (including phenoxy) is 1. The minimum atomic E-state index is -0.850. The van der Waals surface area contributed by atoms with Crippen molar-refractivity contribution in [3.8, 4) is 22.6 Å². The third-order valence-electron chi connectivity index (χ3n) is 6.11. The summed E-state index contributed by atoms with van der Waals surface area (Å²) in [6.07, 6.45) is 8.18. The Morgan fingerprint density at radius 2 is 1.91 bits per heavy atom. The molecule has 1 saturated heterocycles. The smallest absolute Gasteiger partial charge is 0.161 e. The van der Waals surface area contributed by atoms with E-state index >= 15 is 0 Å². The van der Waals surface area contributed by atoms with Gasteiger partial charge in [-0.15, -0.1) is 0 Å². The molecule has 1 aromatic carbocycles. The number of phenolic OH excluding ortho intramolecular Hbond substituents is 1. The minimum absolute atomic E-state index is 0.0243. The number of nitrogens with zero attached hydrogens (tertiary/aromatic N) is 5. The molecule has 1 aliphatic rings. The summed E-state index contributed by atoms with van der Waals surface area (Å²) in [7, 11) is 1.51. The second-order valence-electron chi connectivity index (χ2n) is 7.96. The summed E-state index contributed by atoms with van der Waals surface area (Å²) in [5.41, 5.74) is 2.34. The molecule has 0 unspecified atom stereocenters. The van der Waals surface area contributed by atoms with Crippen LogP contribution in [-0.4, -0.2) is 50.6 Å². The number of hydrogen-bond acceptors (Lipinski definition) is 8.